The van der Waals surface area contributed by atoms with E-state index in [1.165, 1.54) is 5.56 Å². The van der Waals surface area contributed by atoms with Gasteiger partial charge in [-0.15, -0.1) is 0 Å². The molecule has 100 valence electrons. The molecule has 1 aromatic carbocycles. The quantitative estimate of drug-likeness (QED) is 0.886. The maximum absolute atomic E-state index is 6.26. The number of halogens is 1. The maximum atomic E-state index is 6.26. The molecule has 1 aliphatic heterocycles. The summed E-state index contributed by atoms with van der Waals surface area (Å²) >= 11 is 6.26. The number of hydrogen-bond donors (Lipinski definition) is 1. The Labute approximate surface area is 114 Å². The molecule has 0 amide bonds. The lowest BCUT2D eigenvalue weighted by molar-refractivity contribution is 0.208. The Kier molecular flexibility index (Phi) is 4.87. The van der Waals surface area contributed by atoms with E-state index in [-0.39, 0.29) is 6.10 Å². The van der Waals surface area contributed by atoms with Crippen molar-refractivity contribution in [2.45, 2.75) is 18.9 Å². The molecule has 4 heteroatoms. The van der Waals surface area contributed by atoms with E-state index in [1.807, 2.05) is 19.2 Å². The van der Waals surface area contributed by atoms with E-state index in [1.54, 1.807) is 0 Å². The van der Waals surface area contributed by atoms with Crippen LogP contribution in [0.25, 0.3) is 0 Å². The Bertz CT molecular complexity index is 397. The Balaban J connectivity index is 1.96. The van der Waals surface area contributed by atoms with Gasteiger partial charge in [0.25, 0.3) is 0 Å². The van der Waals surface area contributed by atoms with Crippen molar-refractivity contribution in [1.29, 1.82) is 0 Å². The Morgan fingerprint density at radius 3 is 2.94 bits per heavy atom. The number of likely N-dealkylation sites (N-methyl/N-ethyl adjacent to an activating group) is 2. The second kappa shape index (κ2) is 6.41. The van der Waals surface area contributed by atoms with Crippen LogP contribution in [-0.2, 0) is 6.42 Å². The summed E-state index contributed by atoms with van der Waals surface area (Å²) < 4.78 is 5.95. The third-order valence-corrected chi connectivity index (χ3v) is 3.60. The van der Waals surface area contributed by atoms with Crippen LogP contribution in [0.1, 0.15) is 12.0 Å². The molecule has 1 aliphatic rings. The lowest BCUT2D eigenvalue weighted by Crippen LogP contribution is -2.21. The third kappa shape index (κ3) is 3.61. The van der Waals surface area contributed by atoms with Crippen molar-refractivity contribution in [1.82, 2.24) is 10.2 Å². The maximum Gasteiger partial charge on any atom is 0.138 e. The zero-order valence-corrected chi connectivity index (χ0v) is 11.8. The van der Waals surface area contributed by atoms with E-state index in [0.717, 1.165) is 43.2 Å². The number of nitrogens with one attached hydrogen (secondary N) is 1. The average Bonchev–Trinajstić information content (AvgIpc) is 2.75. The summed E-state index contributed by atoms with van der Waals surface area (Å²) in [6.07, 6.45) is 2.34. The first-order chi connectivity index (χ1) is 8.69. The Morgan fingerprint density at radius 1 is 1.50 bits per heavy atom. The van der Waals surface area contributed by atoms with Gasteiger partial charge < -0.3 is 15.0 Å². The smallest absolute Gasteiger partial charge is 0.138 e. The fourth-order valence-corrected chi connectivity index (χ4v) is 2.48. The van der Waals surface area contributed by atoms with Gasteiger partial charge in [-0.2, -0.15) is 0 Å². The van der Waals surface area contributed by atoms with Gasteiger partial charge in [-0.25, -0.2) is 0 Å². The van der Waals surface area contributed by atoms with Crippen LogP contribution in [0, 0.1) is 0 Å². The minimum Gasteiger partial charge on any atom is -0.487 e. The van der Waals surface area contributed by atoms with Crippen LogP contribution in [0.15, 0.2) is 18.2 Å². The van der Waals surface area contributed by atoms with Crippen LogP contribution in [0.5, 0.6) is 5.75 Å². The second-order valence-corrected chi connectivity index (χ2v) is 5.32. The third-order valence-electron chi connectivity index (χ3n) is 3.30. The summed E-state index contributed by atoms with van der Waals surface area (Å²) in [5.74, 6) is 0.810. The van der Waals surface area contributed by atoms with Gasteiger partial charge in [-0.05, 0) is 51.2 Å². The zero-order chi connectivity index (χ0) is 13.0. The summed E-state index contributed by atoms with van der Waals surface area (Å²) in [4.78, 5) is 2.28. The minimum atomic E-state index is 0.274. The van der Waals surface area contributed by atoms with Crippen LogP contribution < -0.4 is 10.1 Å². The van der Waals surface area contributed by atoms with E-state index >= 15 is 0 Å². The van der Waals surface area contributed by atoms with Gasteiger partial charge in [0.15, 0.2) is 0 Å². The molecule has 1 aromatic rings. The molecule has 1 heterocycles. The molecule has 3 nitrogen and oxygen atoms in total. The van der Waals surface area contributed by atoms with E-state index in [0.29, 0.717) is 0 Å². The molecule has 18 heavy (non-hydrogen) atoms. The molecule has 0 bridgehead atoms. The predicted molar refractivity (Wildman–Crippen MR) is 75.6 cm³/mol. The minimum absolute atomic E-state index is 0.274. The van der Waals surface area contributed by atoms with Gasteiger partial charge in [0.1, 0.15) is 11.9 Å². The highest BCUT2D eigenvalue weighted by Crippen LogP contribution is 2.28. The lowest BCUT2D eigenvalue weighted by Gasteiger charge is -2.15. The molecular weight excluding hydrogens is 248 g/mol. The molecular formula is C14H21ClN2O. The largest absolute Gasteiger partial charge is 0.487 e. The van der Waals surface area contributed by atoms with Crippen molar-refractivity contribution in [2.24, 2.45) is 0 Å². The first kappa shape index (κ1) is 13.7. The standard InChI is InChI=1S/C14H21ClN2O/c1-16-7-5-11-3-4-14(13(15)9-11)18-12-6-8-17(2)10-12/h3-4,9,12,16H,5-8,10H2,1-2H3. The average molecular weight is 269 g/mol. The normalized spacial score (nSPS) is 20.3. The van der Waals surface area contributed by atoms with Gasteiger partial charge in [0.2, 0.25) is 0 Å². The summed E-state index contributed by atoms with van der Waals surface area (Å²) in [6.45, 7) is 3.05. The number of nitrogens with zero attached hydrogens (tertiary/aromatic N) is 1. The fraction of sp³-hybridized carbons (Fsp3) is 0.571. The Hall–Kier alpha value is -0.770. The molecule has 1 atom stereocenters. The molecule has 0 aliphatic carbocycles. The van der Waals surface area contributed by atoms with E-state index in [4.69, 9.17) is 16.3 Å². The van der Waals surface area contributed by atoms with Gasteiger partial charge in [-0.1, -0.05) is 17.7 Å². The molecule has 1 fully saturated rings. The molecule has 0 radical (unpaired) electrons. The second-order valence-electron chi connectivity index (χ2n) is 4.91. The topological polar surface area (TPSA) is 24.5 Å². The fourth-order valence-electron chi connectivity index (χ4n) is 2.24. The van der Waals surface area contributed by atoms with Crippen molar-refractivity contribution in [3.63, 3.8) is 0 Å². The molecule has 1 N–H and O–H groups in total. The first-order valence-electron chi connectivity index (χ1n) is 6.47. The van der Waals surface area contributed by atoms with Crippen molar-refractivity contribution in [3.8, 4) is 5.75 Å². The summed E-state index contributed by atoms with van der Waals surface area (Å²) in [7, 11) is 4.07. The van der Waals surface area contributed by atoms with Gasteiger partial charge in [0.05, 0.1) is 5.02 Å². The number of ether oxygens (including phenoxy) is 1. The number of rotatable bonds is 5. The highest BCUT2D eigenvalue weighted by molar-refractivity contribution is 6.32. The Morgan fingerprint density at radius 2 is 2.33 bits per heavy atom. The van der Waals surface area contributed by atoms with Crippen molar-refractivity contribution in [2.75, 3.05) is 33.7 Å². The number of hydrogen-bond acceptors (Lipinski definition) is 3. The molecule has 0 saturated carbocycles. The van der Waals surface area contributed by atoms with Gasteiger partial charge >= 0.3 is 0 Å². The molecule has 1 unspecified atom stereocenters. The van der Waals surface area contributed by atoms with Crippen LogP contribution in [-0.4, -0.2) is 44.7 Å². The van der Waals surface area contributed by atoms with Crippen LogP contribution in [0.3, 0.4) is 0 Å². The molecule has 0 aromatic heterocycles. The van der Waals surface area contributed by atoms with E-state index in [9.17, 15) is 0 Å². The zero-order valence-electron chi connectivity index (χ0n) is 11.1. The van der Waals surface area contributed by atoms with Crippen molar-refractivity contribution >= 4 is 11.6 Å². The van der Waals surface area contributed by atoms with Gasteiger partial charge in [-0.3, -0.25) is 0 Å². The van der Waals surface area contributed by atoms with Crippen LogP contribution >= 0.6 is 11.6 Å². The van der Waals surface area contributed by atoms with Crippen LogP contribution in [0.2, 0.25) is 5.02 Å². The number of likely N-dealkylation sites (tertiary alicyclic amines) is 1. The highest BCUT2D eigenvalue weighted by Gasteiger charge is 2.21. The SMILES string of the molecule is CNCCc1ccc(OC2CCN(C)C2)c(Cl)c1. The summed E-state index contributed by atoms with van der Waals surface area (Å²) in [6, 6.07) is 6.09. The first-order valence-corrected chi connectivity index (χ1v) is 6.85. The summed E-state index contributed by atoms with van der Waals surface area (Å²) in [5, 5.41) is 3.85. The van der Waals surface area contributed by atoms with Crippen LogP contribution in [0.4, 0.5) is 0 Å². The monoisotopic (exact) mass is 268 g/mol. The molecule has 0 spiro atoms. The van der Waals surface area contributed by atoms with E-state index < -0.39 is 0 Å². The highest BCUT2D eigenvalue weighted by atomic mass is 35.5. The predicted octanol–water partition coefficient (Wildman–Crippen LogP) is 2.18. The van der Waals surface area contributed by atoms with Gasteiger partial charge in [0, 0.05) is 13.1 Å². The lowest BCUT2D eigenvalue weighted by atomic mass is 10.1. The number of benzene rings is 1. The van der Waals surface area contributed by atoms with E-state index in [2.05, 4.69) is 23.3 Å². The van der Waals surface area contributed by atoms with Crippen molar-refractivity contribution in [3.05, 3.63) is 28.8 Å². The molecule has 1 saturated heterocycles. The molecule has 2 rings (SSSR count). The summed E-state index contributed by atoms with van der Waals surface area (Å²) in [5.41, 5.74) is 1.24. The van der Waals surface area contributed by atoms with Crippen molar-refractivity contribution < 1.29 is 4.74 Å².